The quantitative estimate of drug-likeness (QED) is 0.256. The number of hydrogen-bond acceptors (Lipinski definition) is 4. The van der Waals surface area contributed by atoms with Crippen molar-refractivity contribution in [3.63, 3.8) is 0 Å². The van der Waals surface area contributed by atoms with E-state index in [1.165, 1.54) is 18.5 Å². The molecule has 2 amide bonds. The van der Waals surface area contributed by atoms with Crippen molar-refractivity contribution < 1.29 is 35.9 Å². The van der Waals surface area contributed by atoms with E-state index in [4.69, 9.17) is 0 Å². The molecule has 0 aliphatic rings. The van der Waals surface area contributed by atoms with Gasteiger partial charge in [-0.25, -0.2) is 9.88 Å². The normalized spacial score (nSPS) is 11.9. The number of hydrogen-bond donors (Lipinski definition) is 0. The maximum Gasteiger partial charge on any atom is 0.416 e. The van der Waals surface area contributed by atoms with Crippen LogP contribution in [0.1, 0.15) is 31.8 Å². The van der Waals surface area contributed by atoms with Crippen molar-refractivity contribution in [2.45, 2.75) is 12.4 Å². The molecule has 0 N–H and O–H groups in total. The largest absolute Gasteiger partial charge is 0.416 e. The van der Waals surface area contributed by atoms with Crippen LogP contribution in [0.5, 0.6) is 0 Å². The Morgan fingerprint density at radius 3 is 1.71 bits per heavy atom. The molecule has 0 bridgehead atoms. The molecule has 0 saturated carbocycles. The maximum atomic E-state index is 13.4. The van der Waals surface area contributed by atoms with Crippen molar-refractivity contribution in [1.82, 2.24) is 9.97 Å². The minimum Gasteiger partial charge on any atom is -0.268 e. The molecule has 178 valence electrons. The Bertz CT molecular complexity index is 1360. The third-order valence-electron chi connectivity index (χ3n) is 4.99. The van der Waals surface area contributed by atoms with E-state index in [2.05, 4.69) is 9.97 Å². The van der Waals surface area contributed by atoms with Gasteiger partial charge in [0.05, 0.1) is 11.1 Å². The third kappa shape index (κ3) is 4.84. The number of fused-ring (bicyclic) bond motifs is 1. The number of pyridine rings is 2. The zero-order chi connectivity index (χ0) is 25.4. The summed E-state index contributed by atoms with van der Waals surface area (Å²) < 4.78 is 79.3. The highest BCUT2D eigenvalue weighted by Gasteiger charge is 2.35. The van der Waals surface area contributed by atoms with Crippen molar-refractivity contribution in [3.8, 4) is 0 Å². The van der Waals surface area contributed by atoms with Gasteiger partial charge >= 0.3 is 12.4 Å². The Kier molecular flexibility index (Phi) is 6.01. The lowest BCUT2D eigenvalue weighted by Crippen LogP contribution is -2.38. The first kappa shape index (κ1) is 23.9. The van der Waals surface area contributed by atoms with E-state index in [9.17, 15) is 35.9 Å². The second-order valence-corrected chi connectivity index (χ2v) is 7.31. The maximum absolute atomic E-state index is 13.4. The van der Waals surface area contributed by atoms with Crippen molar-refractivity contribution in [1.29, 1.82) is 0 Å². The Morgan fingerprint density at radius 1 is 0.657 bits per heavy atom. The van der Waals surface area contributed by atoms with E-state index in [1.54, 1.807) is 12.1 Å². The number of rotatable bonds is 3. The Morgan fingerprint density at radius 2 is 1.20 bits per heavy atom. The molecule has 0 aliphatic heterocycles. The first-order valence-corrected chi connectivity index (χ1v) is 9.90. The number of imide groups is 1. The highest BCUT2D eigenvalue weighted by atomic mass is 19.4. The smallest absolute Gasteiger partial charge is 0.268 e. The van der Waals surface area contributed by atoms with Crippen LogP contribution >= 0.6 is 0 Å². The second kappa shape index (κ2) is 8.82. The summed E-state index contributed by atoms with van der Waals surface area (Å²) in [6, 6.07) is 11.4. The van der Waals surface area contributed by atoms with E-state index in [-0.39, 0.29) is 11.3 Å². The zero-order valence-electron chi connectivity index (χ0n) is 17.4. The van der Waals surface area contributed by atoms with E-state index in [0.29, 0.717) is 22.4 Å². The van der Waals surface area contributed by atoms with Crippen LogP contribution in [0.15, 0.2) is 79.1 Å². The fourth-order valence-corrected chi connectivity index (χ4v) is 3.35. The van der Waals surface area contributed by atoms with Gasteiger partial charge in [0.1, 0.15) is 5.52 Å². The van der Waals surface area contributed by atoms with Gasteiger partial charge in [-0.3, -0.25) is 14.6 Å². The Labute approximate surface area is 193 Å². The van der Waals surface area contributed by atoms with Gasteiger partial charge in [0.2, 0.25) is 0 Å². The van der Waals surface area contributed by atoms with Crippen molar-refractivity contribution in [2.75, 3.05) is 4.90 Å². The van der Waals surface area contributed by atoms with Gasteiger partial charge < -0.3 is 0 Å². The summed E-state index contributed by atoms with van der Waals surface area (Å²) in [7, 11) is 0. The molecular weight excluding hydrogens is 476 g/mol. The molecule has 2 aromatic carbocycles. The first-order chi connectivity index (χ1) is 16.5. The zero-order valence-corrected chi connectivity index (χ0v) is 17.4. The van der Waals surface area contributed by atoms with Crippen LogP contribution < -0.4 is 4.90 Å². The number of alkyl halides is 6. The number of anilines is 1. The molecular formula is C24H13F6N3O2. The lowest BCUT2D eigenvalue weighted by molar-refractivity contribution is -0.138. The number of nitrogens with zero attached hydrogens (tertiary/aromatic N) is 3. The van der Waals surface area contributed by atoms with Crippen LogP contribution in [0.3, 0.4) is 0 Å². The molecule has 5 nitrogen and oxygen atoms in total. The van der Waals surface area contributed by atoms with Crippen LogP contribution in [0, 0.1) is 0 Å². The standard InChI is InChI=1S/C24H13F6N3O2/c25-23(26,27)17-7-1-4-15(12-17)21(34)33(20-19-14(9-11-32-20)6-3-10-31-19)22(35)16-5-2-8-18(13-16)24(28,29)30/h1-13H. The Hall–Kier alpha value is -4.28. The molecule has 0 atom stereocenters. The number of halogens is 6. The minimum absolute atomic E-state index is 0.0515. The predicted octanol–water partition coefficient (Wildman–Crippen LogP) is 6.15. The van der Waals surface area contributed by atoms with E-state index < -0.39 is 46.4 Å². The van der Waals surface area contributed by atoms with Crippen molar-refractivity contribution >= 4 is 28.5 Å². The van der Waals surface area contributed by atoms with Crippen LogP contribution in [-0.2, 0) is 12.4 Å². The summed E-state index contributed by atoms with van der Waals surface area (Å²) in [4.78, 5) is 35.4. The molecule has 2 aromatic heterocycles. The first-order valence-electron chi connectivity index (χ1n) is 9.90. The summed E-state index contributed by atoms with van der Waals surface area (Å²) in [5, 5.41) is 0.441. The molecule has 0 spiro atoms. The second-order valence-electron chi connectivity index (χ2n) is 7.31. The van der Waals surface area contributed by atoms with Crippen molar-refractivity contribution in [2.24, 2.45) is 0 Å². The van der Waals surface area contributed by atoms with Crippen LogP contribution in [0.4, 0.5) is 32.2 Å². The summed E-state index contributed by atoms with van der Waals surface area (Å²) >= 11 is 0. The summed E-state index contributed by atoms with van der Waals surface area (Å²) in [6.45, 7) is 0. The van der Waals surface area contributed by atoms with E-state index in [1.807, 2.05) is 0 Å². The number of aromatic nitrogens is 2. The summed E-state index contributed by atoms with van der Waals surface area (Å²) in [6.07, 6.45) is -6.96. The number of benzene rings is 2. The number of amides is 2. The summed E-state index contributed by atoms with van der Waals surface area (Å²) in [5.41, 5.74) is -3.27. The van der Waals surface area contributed by atoms with Gasteiger partial charge in [-0.2, -0.15) is 26.3 Å². The SMILES string of the molecule is O=C(c1cccc(C(F)(F)F)c1)N(C(=O)c1cccc(C(F)(F)F)c1)c1nccc2cccnc12. The van der Waals surface area contributed by atoms with Gasteiger partial charge in [-0.05, 0) is 48.5 Å². The van der Waals surface area contributed by atoms with Gasteiger partial charge in [-0.1, -0.05) is 18.2 Å². The summed E-state index contributed by atoms with van der Waals surface area (Å²) in [5.74, 6) is -2.78. The molecule has 0 unspecified atom stereocenters. The topological polar surface area (TPSA) is 63.2 Å². The lowest BCUT2D eigenvalue weighted by atomic mass is 10.1. The lowest BCUT2D eigenvalue weighted by Gasteiger charge is -2.22. The fraction of sp³-hybridized carbons (Fsp3) is 0.0833. The van der Waals surface area contributed by atoms with Crippen LogP contribution in [0.2, 0.25) is 0 Å². The highest BCUT2D eigenvalue weighted by molar-refractivity contribution is 6.27. The molecule has 2 heterocycles. The predicted molar refractivity (Wildman–Crippen MR) is 114 cm³/mol. The van der Waals surface area contributed by atoms with Crippen LogP contribution in [-0.4, -0.2) is 21.8 Å². The van der Waals surface area contributed by atoms with Gasteiger partial charge in [0.15, 0.2) is 5.82 Å². The molecule has 0 aliphatic carbocycles. The minimum atomic E-state index is -4.77. The van der Waals surface area contributed by atoms with E-state index in [0.717, 1.165) is 36.4 Å². The monoisotopic (exact) mass is 489 g/mol. The molecule has 11 heteroatoms. The molecule has 4 aromatic rings. The average molecular weight is 489 g/mol. The molecule has 4 rings (SSSR count). The average Bonchev–Trinajstić information content (AvgIpc) is 2.83. The van der Waals surface area contributed by atoms with Gasteiger partial charge in [0, 0.05) is 28.9 Å². The fourth-order valence-electron chi connectivity index (χ4n) is 3.35. The highest BCUT2D eigenvalue weighted by Crippen LogP contribution is 2.33. The van der Waals surface area contributed by atoms with Gasteiger partial charge in [0.25, 0.3) is 11.8 Å². The Balaban J connectivity index is 1.90. The number of carbonyl (C=O) groups excluding carboxylic acids is 2. The molecule has 35 heavy (non-hydrogen) atoms. The molecule has 0 fully saturated rings. The van der Waals surface area contributed by atoms with Crippen LogP contribution in [0.25, 0.3) is 10.9 Å². The number of carbonyl (C=O) groups is 2. The van der Waals surface area contributed by atoms with E-state index >= 15 is 0 Å². The van der Waals surface area contributed by atoms with Crippen molar-refractivity contribution in [3.05, 3.63) is 101 Å². The third-order valence-corrected chi connectivity index (χ3v) is 4.99. The molecule has 0 saturated heterocycles. The van der Waals surface area contributed by atoms with Gasteiger partial charge in [-0.15, -0.1) is 0 Å². The molecule has 0 radical (unpaired) electrons.